The number of nitrogens with zero attached hydrogens (tertiary/aromatic N) is 3. The van der Waals surface area contributed by atoms with E-state index >= 15 is 0 Å². The lowest BCUT2D eigenvalue weighted by molar-refractivity contribution is -0.146. The highest BCUT2D eigenvalue weighted by atomic mass is 32.1. The van der Waals surface area contributed by atoms with Crippen molar-refractivity contribution in [1.82, 2.24) is 9.97 Å². The Labute approximate surface area is 145 Å². The Balaban J connectivity index is 1.54. The van der Waals surface area contributed by atoms with Gasteiger partial charge in [0, 0.05) is 23.3 Å². The monoisotopic (exact) mass is 343 g/mol. The zero-order valence-electron chi connectivity index (χ0n) is 13.5. The van der Waals surface area contributed by atoms with Gasteiger partial charge in [-0.2, -0.15) is 0 Å². The average molecular weight is 343 g/mol. The number of hydrogen-bond donors (Lipinski definition) is 0. The molecule has 2 aliphatic rings. The van der Waals surface area contributed by atoms with Crippen LogP contribution >= 0.6 is 11.3 Å². The lowest BCUT2D eigenvalue weighted by atomic mass is 9.85. The van der Waals surface area contributed by atoms with Crippen molar-refractivity contribution in [2.24, 2.45) is 5.92 Å². The van der Waals surface area contributed by atoms with Crippen molar-refractivity contribution in [3.63, 3.8) is 0 Å². The molecule has 24 heavy (non-hydrogen) atoms. The van der Waals surface area contributed by atoms with Gasteiger partial charge in [-0.15, -0.1) is 11.3 Å². The first-order valence-corrected chi connectivity index (χ1v) is 9.45. The molecule has 0 bridgehead atoms. The third-order valence-corrected chi connectivity index (χ3v) is 5.93. The molecule has 0 N–H and O–H groups in total. The lowest BCUT2D eigenvalue weighted by Gasteiger charge is -2.33. The van der Waals surface area contributed by atoms with Gasteiger partial charge in [0.1, 0.15) is 12.6 Å². The summed E-state index contributed by atoms with van der Waals surface area (Å²) in [5.74, 6) is 1.05. The molecule has 126 valence electrons. The van der Waals surface area contributed by atoms with Gasteiger partial charge in [-0.3, -0.25) is 0 Å². The van der Waals surface area contributed by atoms with Crippen LogP contribution in [0, 0.1) is 5.92 Å². The highest BCUT2D eigenvalue weighted by Gasteiger charge is 2.47. The number of aromatic nitrogens is 2. The first-order chi connectivity index (χ1) is 11.8. The van der Waals surface area contributed by atoms with Crippen LogP contribution in [-0.4, -0.2) is 28.0 Å². The molecule has 2 fully saturated rings. The summed E-state index contributed by atoms with van der Waals surface area (Å²) in [6.45, 7) is 0.353. The number of anilines is 1. The zero-order chi connectivity index (χ0) is 16.4. The molecule has 0 unspecified atom stereocenters. The molecule has 0 spiro atoms. The van der Waals surface area contributed by atoms with Gasteiger partial charge in [-0.25, -0.2) is 14.8 Å². The minimum Gasteiger partial charge on any atom is -0.458 e. The molecular weight excluding hydrogens is 322 g/mol. The van der Waals surface area contributed by atoms with Crippen molar-refractivity contribution in [2.45, 2.75) is 50.8 Å². The second-order valence-electron chi connectivity index (χ2n) is 6.51. The van der Waals surface area contributed by atoms with E-state index in [1.807, 2.05) is 23.6 Å². The molecule has 2 aromatic rings. The highest BCUT2D eigenvalue weighted by molar-refractivity contribution is 7.09. The van der Waals surface area contributed by atoms with E-state index in [-0.39, 0.29) is 12.0 Å². The highest BCUT2D eigenvalue weighted by Crippen LogP contribution is 2.41. The Bertz CT molecular complexity index is 677. The van der Waals surface area contributed by atoms with Gasteiger partial charge >= 0.3 is 5.97 Å². The van der Waals surface area contributed by atoms with Crippen LogP contribution in [0.3, 0.4) is 0 Å². The molecule has 2 aromatic heterocycles. The van der Waals surface area contributed by atoms with Crippen molar-refractivity contribution < 1.29 is 9.53 Å². The topological polar surface area (TPSA) is 55.3 Å². The maximum Gasteiger partial charge on any atom is 0.329 e. The standard InChI is InChI=1S/C18H21N3O2S/c22-17(23-12-14-6-3-10-24-14)16-11-13-5-1-2-7-15(13)21(16)18-19-8-4-9-20-18/h3-4,6,8-10,13,15-16H,1-2,5,7,11-12H2/t13-,15+,16+/m1/s1. The number of carbonyl (C=O) groups is 1. The summed E-state index contributed by atoms with van der Waals surface area (Å²) >= 11 is 1.61. The summed E-state index contributed by atoms with van der Waals surface area (Å²) in [6, 6.07) is 5.87. The molecule has 0 aromatic carbocycles. The summed E-state index contributed by atoms with van der Waals surface area (Å²) in [5.41, 5.74) is 0. The molecule has 3 heterocycles. The number of esters is 1. The molecule has 4 rings (SSSR count). The van der Waals surface area contributed by atoms with Crippen LogP contribution in [0.4, 0.5) is 5.95 Å². The largest absolute Gasteiger partial charge is 0.458 e. The van der Waals surface area contributed by atoms with Gasteiger partial charge in [0.15, 0.2) is 0 Å². The predicted molar refractivity (Wildman–Crippen MR) is 92.8 cm³/mol. The number of hydrogen-bond acceptors (Lipinski definition) is 6. The normalized spacial score (nSPS) is 26.2. The molecule has 1 saturated carbocycles. The summed E-state index contributed by atoms with van der Waals surface area (Å²) in [6.07, 6.45) is 9.09. The van der Waals surface area contributed by atoms with Gasteiger partial charge < -0.3 is 9.64 Å². The van der Waals surface area contributed by atoms with Crippen LogP contribution in [0.1, 0.15) is 37.0 Å². The molecule has 1 saturated heterocycles. The second kappa shape index (κ2) is 6.89. The SMILES string of the molecule is O=C(OCc1cccs1)[C@@H]1C[C@H]2CCCC[C@@H]2N1c1ncccn1. The zero-order valence-corrected chi connectivity index (χ0v) is 14.3. The lowest BCUT2D eigenvalue weighted by Crippen LogP contribution is -2.44. The van der Waals surface area contributed by atoms with Gasteiger partial charge in [0.25, 0.3) is 0 Å². The van der Waals surface area contributed by atoms with Crippen LogP contribution in [0.2, 0.25) is 0 Å². The van der Waals surface area contributed by atoms with E-state index in [2.05, 4.69) is 14.9 Å². The van der Waals surface area contributed by atoms with E-state index in [1.165, 1.54) is 19.3 Å². The Hall–Kier alpha value is -1.95. The first-order valence-electron chi connectivity index (χ1n) is 8.57. The van der Waals surface area contributed by atoms with Crippen molar-refractivity contribution in [3.8, 4) is 0 Å². The summed E-state index contributed by atoms with van der Waals surface area (Å²) in [7, 11) is 0. The van der Waals surface area contributed by atoms with Crippen molar-refractivity contribution >= 4 is 23.3 Å². The number of rotatable bonds is 4. The van der Waals surface area contributed by atoms with Gasteiger partial charge in [0.05, 0.1) is 0 Å². The van der Waals surface area contributed by atoms with Crippen LogP contribution in [0.25, 0.3) is 0 Å². The van der Waals surface area contributed by atoms with E-state index in [9.17, 15) is 4.79 Å². The van der Waals surface area contributed by atoms with Crippen LogP contribution < -0.4 is 4.90 Å². The summed E-state index contributed by atoms with van der Waals surface area (Å²) in [5, 5.41) is 2.00. The van der Waals surface area contributed by atoms with Crippen LogP contribution in [0.15, 0.2) is 36.0 Å². The van der Waals surface area contributed by atoms with E-state index in [0.29, 0.717) is 24.5 Å². The third-order valence-electron chi connectivity index (χ3n) is 5.08. The van der Waals surface area contributed by atoms with Crippen molar-refractivity contribution in [2.75, 3.05) is 4.90 Å². The molecule has 1 aliphatic carbocycles. The number of thiophene rings is 1. The molecule has 6 heteroatoms. The molecule has 1 aliphatic heterocycles. The Morgan fingerprint density at radius 3 is 2.88 bits per heavy atom. The van der Waals surface area contributed by atoms with Gasteiger partial charge in [-0.1, -0.05) is 18.9 Å². The molecule has 0 radical (unpaired) electrons. The third kappa shape index (κ3) is 3.02. The Morgan fingerprint density at radius 2 is 2.08 bits per heavy atom. The van der Waals surface area contributed by atoms with Crippen molar-refractivity contribution in [1.29, 1.82) is 0 Å². The smallest absolute Gasteiger partial charge is 0.329 e. The maximum atomic E-state index is 12.8. The minimum atomic E-state index is -0.263. The van der Waals surface area contributed by atoms with E-state index < -0.39 is 0 Å². The first kappa shape index (κ1) is 15.6. The minimum absolute atomic E-state index is 0.148. The van der Waals surface area contributed by atoms with Crippen LogP contribution in [0.5, 0.6) is 0 Å². The number of ether oxygens (including phenoxy) is 1. The maximum absolute atomic E-state index is 12.8. The molecule has 3 atom stereocenters. The predicted octanol–water partition coefficient (Wildman–Crippen LogP) is 3.42. The summed E-state index contributed by atoms with van der Waals surface area (Å²) in [4.78, 5) is 24.8. The van der Waals surface area contributed by atoms with Crippen molar-refractivity contribution in [3.05, 3.63) is 40.8 Å². The number of fused-ring (bicyclic) bond motifs is 1. The van der Waals surface area contributed by atoms with E-state index in [1.54, 1.807) is 23.7 Å². The summed E-state index contributed by atoms with van der Waals surface area (Å²) < 4.78 is 5.60. The quantitative estimate of drug-likeness (QED) is 0.796. The fourth-order valence-electron chi connectivity index (χ4n) is 4.02. The fourth-order valence-corrected chi connectivity index (χ4v) is 4.63. The second-order valence-corrected chi connectivity index (χ2v) is 7.54. The Kier molecular flexibility index (Phi) is 4.47. The van der Waals surface area contributed by atoms with Gasteiger partial charge in [-0.05, 0) is 42.7 Å². The Morgan fingerprint density at radius 1 is 1.25 bits per heavy atom. The van der Waals surface area contributed by atoms with Crippen LogP contribution in [-0.2, 0) is 16.1 Å². The van der Waals surface area contributed by atoms with Gasteiger partial charge in [0.2, 0.25) is 5.95 Å². The van der Waals surface area contributed by atoms with E-state index in [0.717, 1.165) is 17.7 Å². The number of carbonyl (C=O) groups excluding carboxylic acids is 1. The molecule has 5 nitrogen and oxygen atoms in total. The fraction of sp³-hybridized carbons (Fsp3) is 0.500. The van der Waals surface area contributed by atoms with E-state index in [4.69, 9.17) is 4.74 Å². The molecular formula is C18H21N3O2S. The molecule has 0 amide bonds. The average Bonchev–Trinajstić information content (AvgIpc) is 3.28.